The third-order valence-corrected chi connectivity index (χ3v) is 2.10. The smallest absolute Gasteiger partial charge is 0.0624 e. The molecule has 0 aliphatic rings. The first-order valence-electron chi connectivity index (χ1n) is 3.47. The Hall–Kier alpha value is -0.270. The van der Waals surface area contributed by atoms with Gasteiger partial charge >= 0.3 is 0 Å². The van der Waals surface area contributed by atoms with Crippen LogP contribution in [0.2, 0.25) is 5.02 Å². The van der Waals surface area contributed by atoms with Crippen LogP contribution in [0.5, 0.6) is 0 Å². The number of halogens is 2. The van der Waals surface area contributed by atoms with Crippen LogP contribution in [0, 0.1) is 0 Å². The molecular weight excluding hydrogens is 181 g/mol. The molecule has 0 radical (unpaired) electrons. The summed E-state index contributed by atoms with van der Waals surface area (Å²) in [6, 6.07) is 1.86. The third-order valence-electron chi connectivity index (χ3n) is 1.46. The van der Waals surface area contributed by atoms with Crippen molar-refractivity contribution in [2.45, 2.75) is 19.2 Å². The van der Waals surface area contributed by atoms with Gasteiger partial charge in [0.2, 0.25) is 0 Å². The largest absolute Gasteiger partial charge is 0.259 e. The maximum atomic E-state index is 5.89. The highest BCUT2D eigenvalue weighted by molar-refractivity contribution is 6.31. The van der Waals surface area contributed by atoms with Crippen molar-refractivity contribution < 1.29 is 0 Å². The van der Waals surface area contributed by atoms with Gasteiger partial charge in [-0.25, -0.2) is 0 Å². The number of hydrogen-bond donors (Lipinski definition) is 0. The monoisotopic (exact) mass is 189 g/mol. The third kappa shape index (κ3) is 2.08. The van der Waals surface area contributed by atoms with Gasteiger partial charge in [0.15, 0.2) is 0 Å². The molecule has 3 heteroatoms. The fraction of sp³-hybridized carbons (Fsp3) is 0.375. The lowest BCUT2D eigenvalue weighted by atomic mass is 10.2. The van der Waals surface area contributed by atoms with E-state index in [1.165, 1.54) is 0 Å². The summed E-state index contributed by atoms with van der Waals surface area (Å²) < 4.78 is 0. The first-order chi connectivity index (χ1) is 5.27. The maximum Gasteiger partial charge on any atom is 0.0624 e. The van der Waals surface area contributed by atoms with Crippen LogP contribution in [-0.4, -0.2) is 4.98 Å². The highest BCUT2D eigenvalue weighted by Crippen LogP contribution is 2.16. The molecule has 0 fully saturated rings. The van der Waals surface area contributed by atoms with E-state index in [0.29, 0.717) is 10.9 Å². The Balaban J connectivity index is 2.99. The van der Waals surface area contributed by atoms with Gasteiger partial charge in [-0.2, -0.15) is 0 Å². The molecule has 1 aromatic rings. The molecular formula is C8H9Cl2N. The number of aryl methyl sites for hydroxylation is 1. The second-order valence-electron chi connectivity index (χ2n) is 2.26. The molecule has 1 nitrogen and oxygen atoms in total. The maximum absolute atomic E-state index is 5.89. The topological polar surface area (TPSA) is 12.9 Å². The predicted molar refractivity (Wildman–Crippen MR) is 48.2 cm³/mol. The van der Waals surface area contributed by atoms with Crippen LogP contribution in [0.4, 0.5) is 0 Å². The summed E-state index contributed by atoms with van der Waals surface area (Å²) in [7, 11) is 0. The SMILES string of the molecule is CCc1ncc(CCl)cc1Cl. The quantitative estimate of drug-likeness (QED) is 0.653. The number of alkyl halides is 1. The van der Waals surface area contributed by atoms with Gasteiger partial charge < -0.3 is 0 Å². The standard InChI is InChI=1S/C8H9Cl2N/c1-2-8-7(10)3-6(4-9)5-11-8/h3,5H,2,4H2,1H3. The van der Waals surface area contributed by atoms with Crippen molar-refractivity contribution in [1.82, 2.24) is 4.98 Å². The van der Waals surface area contributed by atoms with Crippen molar-refractivity contribution in [3.8, 4) is 0 Å². The fourth-order valence-corrected chi connectivity index (χ4v) is 1.31. The van der Waals surface area contributed by atoms with Crippen LogP contribution >= 0.6 is 23.2 Å². The van der Waals surface area contributed by atoms with Gasteiger partial charge in [-0.3, -0.25) is 4.98 Å². The van der Waals surface area contributed by atoms with Gasteiger partial charge in [-0.1, -0.05) is 18.5 Å². The van der Waals surface area contributed by atoms with Gasteiger partial charge in [-0.15, -0.1) is 11.6 Å². The minimum absolute atomic E-state index is 0.469. The molecule has 0 atom stereocenters. The van der Waals surface area contributed by atoms with Crippen LogP contribution in [0.15, 0.2) is 12.3 Å². The van der Waals surface area contributed by atoms with Crippen molar-refractivity contribution in [3.05, 3.63) is 28.5 Å². The van der Waals surface area contributed by atoms with Gasteiger partial charge in [0, 0.05) is 12.1 Å². The molecule has 0 N–H and O–H groups in total. The first kappa shape index (κ1) is 8.82. The minimum atomic E-state index is 0.469. The van der Waals surface area contributed by atoms with Crippen LogP contribution in [0.3, 0.4) is 0 Å². The van der Waals surface area contributed by atoms with E-state index in [0.717, 1.165) is 17.7 Å². The molecule has 0 unspecified atom stereocenters. The van der Waals surface area contributed by atoms with E-state index in [1.807, 2.05) is 13.0 Å². The number of nitrogens with zero attached hydrogens (tertiary/aromatic N) is 1. The van der Waals surface area contributed by atoms with E-state index in [2.05, 4.69) is 4.98 Å². The fourth-order valence-electron chi connectivity index (χ4n) is 0.839. The Bertz CT molecular complexity index is 248. The average Bonchev–Trinajstić information content (AvgIpc) is 2.04. The van der Waals surface area contributed by atoms with Crippen LogP contribution in [-0.2, 0) is 12.3 Å². The average molecular weight is 190 g/mol. The molecule has 11 heavy (non-hydrogen) atoms. The zero-order chi connectivity index (χ0) is 8.27. The highest BCUT2D eigenvalue weighted by Gasteiger charge is 1.99. The summed E-state index contributed by atoms with van der Waals surface area (Å²) in [4.78, 5) is 4.15. The molecule has 60 valence electrons. The van der Waals surface area contributed by atoms with Crippen LogP contribution in [0.25, 0.3) is 0 Å². The summed E-state index contributed by atoms with van der Waals surface area (Å²) in [5.74, 6) is 0.469. The molecule has 0 saturated carbocycles. The zero-order valence-corrected chi connectivity index (χ0v) is 7.78. The Morgan fingerprint density at radius 1 is 1.55 bits per heavy atom. The molecule has 0 bridgehead atoms. The minimum Gasteiger partial charge on any atom is -0.259 e. The van der Waals surface area contributed by atoms with Crippen molar-refractivity contribution in [3.63, 3.8) is 0 Å². The highest BCUT2D eigenvalue weighted by atomic mass is 35.5. The van der Waals surface area contributed by atoms with Crippen molar-refractivity contribution in [1.29, 1.82) is 0 Å². The van der Waals surface area contributed by atoms with Crippen molar-refractivity contribution in [2.75, 3.05) is 0 Å². The molecule has 0 spiro atoms. The Labute approximate surface area is 76.4 Å². The summed E-state index contributed by atoms with van der Waals surface area (Å²) >= 11 is 11.5. The number of hydrogen-bond acceptors (Lipinski definition) is 1. The van der Waals surface area contributed by atoms with E-state index in [4.69, 9.17) is 23.2 Å². The Morgan fingerprint density at radius 3 is 2.73 bits per heavy atom. The predicted octanol–water partition coefficient (Wildman–Crippen LogP) is 3.04. The second kappa shape index (κ2) is 3.93. The van der Waals surface area contributed by atoms with E-state index in [-0.39, 0.29) is 0 Å². The zero-order valence-electron chi connectivity index (χ0n) is 6.27. The lowest BCUT2D eigenvalue weighted by molar-refractivity contribution is 1.02. The van der Waals surface area contributed by atoms with Gasteiger partial charge in [-0.05, 0) is 18.1 Å². The normalized spacial score (nSPS) is 10.1. The molecule has 0 amide bonds. The summed E-state index contributed by atoms with van der Waals surface area (Å²) in [6.07, 6.45) is 2.62. The van der Waals surface area contributed by atoms with E-state index < -0.39 is 0 Å². The molecule has 0 aliphatic carbocycles. The van der Waals surface area contributed by atoms with Gasteiger partial charge in [0.05, 0.1) is 10.7 Å². The molecule has 0 aliphatic heterocycles. The van der Waals surface area contributed by atoms with E-state index in [9.17, 15) is 0 Å². The van der Waals surface area contributed by atoms with Gasteiger partial charge in [0.1, 0.15) is 0 Å². The lowest BCUT2D eigenvalue weighted by Crippen LogP contribution is -1.89. The number of rotatable bonds is 2. The first-order valence-corrected chi connectivity index (χ1v) is 4.38. The van der Waals surface area contributed by atoms with Crippen molar-refractivity contribution in [2.24, 2.45) is 0 Å². The Kier molecular flexibility index (Phi) is 3.16. The molecule has 0 saturated heterocycles. The molecule has 1 heterocycles. The lowest BCUT2D eigenvalue weighted by Gasteiger charge is -2.00. The van der Waals surface area contributed by atoms with E-state index >= 15 is 0 Å². The summed E-state index contributed by atoms with van der Waals surface area (Å²) in [5.41, 5.74) is 1.90. The number of aromatic nitrogens is 1. The van der Waals surface area contributed by atoms with Gasteiger partial charge in [0.25, 0.3) is 0 Å². The van der Waals surface area contributed by atoms with E-state index in [1.54, 1.807) is 6.20 Å². The molecule has 0 aromatic carbocycles. The Morgan fingerprint density at radius 2 is 2.27 bits per heavy atom. The van der Waals surface area contributed by atoms with Crippen molar-refractivity contribution >= 4 is 23.2 Å². The molecule has 1 rings (SSSR count). The summed E-state index contributed by atoms with van der Waals surface area (Å²) in [6.45, 7) is 2.02. The molecule has 1 aromatic heterocycles. The summed E-state index contributed by atoms with van der Waals surface area (Å²) in [5, 5.41) is 0.714. The van der Waals surface area contributed by atoms with Crippen LogP contribution < -0.4 is 0 Å². The number of pyridine rings is 1. The second-order valence-corrected chi connectivity index (χ2v) is 2.93. The van der Waals surface area contributed by atoms with Crippen LogP contribution in [0.1, 0.15) is 18.2 Å².